The second-order valence-electron chi connectivity index (χ2n) is 6.50. The number of pyridine rings is 1. The van der Waals surface area contributed by atoms with E-state index in [1.54, 1.807) is 6.20 Å². The first kappa shape index (κ1) is 21.9. The van der Waals surface area contributed by atoms with E-state index >= 15 is 0 Å². The summed E-state index contributed by atoms with van der Waals surface area (Å²) in [5, 5.41) is 2.92. The molecule has 0 radical (unpaired) electrons. The van der Waals surface area contributed by atoms with E-state index in [4.69, 9.17) is 10.5 Å². The van der Waals surface area contributed by atoms with Crippen molar-refractivity contribution in [2.75, 3.05) is 0 Å². The van der Waals surface area contributed by atoms with Crippen molar-refractivity contribution in [1.82, 2.24) is 10.3 Å². The Kier molecular flexibility index (Phi) is 7.31. The zero-order valence-corrected chi connectivity index (χ0v) is 16.5. The first-order chi connectivity index (χ1) is 14.9. The first-order valence-electron chi connectivity index (χ1n) is 9.37. The Bertz CT molecular complexity index is 994. The van der Waals surface area contributed by atoms with Gasteiger partial charge in [-0.3, -0.25) is 4.98 Å². The number of nitrogens with zero attached hydrogens (tertiary/aromatic N) is 2. The lowest BCUT2D eigenvalue weighted by Gasteiger charge is -2.10. The van der Waals surface area contributed by atoms with Crippen LogP contribution in [0.3, 0.4) is 0 Å². The molecule has 0 saturated carbocycles. The van der Waals surface area contributed by atoms with Crippen LogP contribution in [0.1, 0.15) is 16.8 Å². The summed E-state index contributed by atoms with van der Waals surface area (Å²) < 4.78 is 46.2. The first-order valence-corrected chi connectivity index (χ1v) is 9.37. The maximum atomic E-state index is 12.2. The number of guanidine groups is 1. The molecule has 0 bridgehead atoms. The SMILES string of the molecule is NC(=NCc1cccc(OCc2ccccn2)c1)NCc1ccc(OC(F)(F)F)cc1. The molecule has 9 heteroatoms. The van der Waals surface area contributed by atoms with Crippen LogP contribution in [0.4, 0.5) is 13.2 Å². The molecule has 3 N–H and O–H groups in total. The van der Waals surface area contributed by atoms with Crippen LogP contribution in [0.2, 0.25) is 0 Å². The second-order valence-corrected chi connectivity index (χ2v) is 6.50. The Hall–Kier alpha value is -3.75. The van der Waals surface area contributed by atoms with E-state index in [1.165, 1.54) is 24.3 Å². The van der Waals surface area contributed by atoms with E-state index in [0.717, 1.165) is 16.8 Å². The minimum Gasteiger partial charge on any atom is -0.487 e. The predicted octanol–water partition coefficient (Wildman–Crippen LogP) is 4.16. The smallest absolute Gasteiger partial charge is 0.487 e. The van der Waals surface area contributed by atoms with E-state index in [2.05, 4.69) is 20.0 Å². The highest BCUT2D eigenvalue weighted by atomic mass is 19.4. The van der Waals surface area contributed by atoms with Crippen LogP contribution in [0.5, 0.6) is 11.5 Å². The van der Waals surface area contributed by atoms with E-state index in [1.807, 2.05) is 42.5 Å². The molecule has 1 aromatic heterocycles. The highest BCUT2D eigenvalue weighted by Crippen LogP contribution is 2.22. The van der Waals surface area contributed by atoms with Crippen molar-refractivity contribution < 1.29 is 22.6 Å². The molecule has 3 aromatic rings. The Labute approximate surface area is 177 Å². The minimum atomic E-state index is -4.71. The lowest BCUT2D eigenvalue weighted by Crippen LogP contribution is -2.31. The van der Waals surface area contributed by atoms with Gasteiger partial charge in [-0.15, -0.1) is 13.2 Å². The van der Waals surface area contributed by atoms with Gasteiger partial charge in [0.05, 0.1) is 12.2 Å². The molecular formula is C22H21F3N4O2. The van der Waals surface area contributed by atoms with Gasteiger partial charge in [0.1, 0.15) is 18.1 Å². The number of aromatic nitrogens is 1. The zero-order valence-electron chi connectivity index (χ0n) is 16.5. The van der Waals surface area contributed by atoms with Crippen molar-refractivity contribution in [3.63, 3.8) is 0 Å². The van der Waals surface area contributed by atoms with E-state index in [0.29, 0.717) is 25.4 Å². The van der Waals surface area contributed by atoms with Gasteiger partial charge < -0.3 is 20.5 Å². The van der Waals surface area contributed by atoms with Gasteiger partial charge in [0, 0.05) is 12.7 Å². The van der Waals surface area contributed by atoms with Gasteiger partial charge in [0.15, 0.2) is 5.96 Å². The third-order valence-electron chi connectivity index (χ3n) is 4.07. The number of ether oxygens (including phenoxy) is 2. The van der Waals surface area contributed by atoms with Crippen LogP contribution in [0.25, 0.3) is 0 Å². The van der Waals surface area contributed by atoms with Crippen LogP contribution < -0.4 is 20.5 Å². The number of hydrogen-bond donors (Lipinski definition) is 2. The van der Waals surface area contributed by atoms with Crippen LogP contribution >= 0.6 is 0 Å². The molecule has 31 heavy (non-hydrogen) atoms. The van der Waals surface area contributed by atoms with Gasteiger partial charge in [-0.05, 0) is 47.5 Å². The molecular weight excluding hydrogens is 409 g/mol. The van der Waals surface area contributed by atoms with Gasteiger partial charge in [0.2, 0.25) is 0 Å². The molecule has 0 spiro atoms. The molecule has 0 amide bonds. The summed E-state index contributed by atoms with van der Waals surface area (Å²) in [6, 6.07) is 18.7. The summed E-state index contributed by atoms with van der Waals surface area (Å²) in [5.74, 6) is 0.643. The molecule has 6 nitrogen and oxygen atoms in total. The largest absolute Gasteiger partial charge is 0.573 e. The summed E-state index contributed by atoms with van der Waals surface area (Å²) in [4.78, 5) is 8.49. The standard InChI is InChI=1S/C22H21F3N4O2/c23-22(24,25)31-19-9-7-16(8-10-19)13-28-21(26)29-14-17-4-3-6-20(12-17)30-15-18-5-1-2-11-27-18/h1-12H,13-15H2,(H3,26,28,29). The molecule has 0 unspecified atom stereocenters. The van der Waals surface area contributed by atoms with Crippen molar-refractivity contribution in [2.24, 2.45) is 10.7 Å². The minimum absolute atomic E-state index is 0.218. The number of rotatable bonds is 8. The van der Waals surface area contributed by atoms with Gasteiger partial charge in [-0.1, -0.05) is 30.3 Å². The summed E-state index contributed by atoms with van der Waals surface area (Å²) in [6.45, 7) is 1.02. The van der Waals surface area contributed by atoms with Crippen LogP contribution in [0, 0.1) is 0 Å². The summed E-state index contributed by atoms with van der Waals surface area (Å²) in [6.07, 6.45) is -3.00. The predicted molar refractivity (Wildman–Crippen MR) is 110 cm³/mol. The van der Waals surface area contributed by atoms with Gasteiger partial charge in [0.25, 0.3) is 0 Å². The Morgan fingerprint density at radius 2 is 1.77 bits per heavy atom. The zero-order chi connectivity index (χ0) is 22.1. The topological polar surface area (TPSA) is 81.8 Å². The number of halogens is 3. The van der Waals surface area contributed by atoms with Gasteiger partial charge in [-0.25, -0.2) is 4.99 Å². The second kappa shape index (κ2) is 10.3. The summed E-state index contributed by atoms with van der Waals surface area (Å²) in [7, 11) is 0. The quantitative estimate of drug-likeness (QED) is 0.414. The van der Waals surface area contributed by atoms with E-state index < -0.39 is 6.36 Å². The maximum Gasteiger partial charge on any atom is 0.573 e. The van der Waals surface area contributed by atoms with Crippen molar-refractivity contribution in [1.29, 1.82) is 0 Å². The molecule has 0 atom stereocenters. The number of benzene rings is 2. The monoisotopic (exact) mass is 430 g/mol. The molecule has 3 rings (SSSR count). The molecule has 0 saturated heterocycles. The third-order valence-corrected chi connectivity index (χ3v) is 4.07. The van der Waals surface area contributed by atoms with Crippen LogP contribution in [0.15, 0.2) is 77.9 Å². The highest BCUT2D eigenvalue weighted by Gasteiger charge is 2.30. The third kappa shape index (κ3) is 7.88. The summed E-state index contributed by atoms with van der Waals surface area (Å²) in [5.41, 5.74) is 8.36. The van der Waals surface area contributed by atoms with Crippen molar-refractivity contribution in [2.45, 2.75) is 26.1 Å². The Balaban J connectivity index is 1.47. The van der Waals surface area contributed by atoms with Crippen molar-refractivity contribution in [3.05, 3.63) is 89.7 Å². The highest BCUT2D eigenvalue weighted by molar-refractivity contribution is 5.77. The maximum absolute atomic E-state index is 12.2. The van der Waals surface area contributed by atoms with Gasteiger partial charge >= 0.3 is 6.36 Å². The number of nitrogens with one attached hydrogen (secondary N) is 1. The Morgan fingerprint density at radius 3 is 2.48 bits per heavy atom. The fourth-order valence-electron chi connectivity index (χ4n) is 2.61. The normalized spacial score (nSPS) is 11.8. The molecule has 0 aliphatic heterocycles. The van der Waals surface area contributed by atoms with E-state index in [9.17, 15) is 13.2 Å². The molecule has 2 aromatic carbocycles. The number of alkyl halides is 3. The van der Waals surface area contributed by atoms with E-state index in [-0.39, 0.29) is 11.7 Å². The number of aliphatic imine (C=N–C) groups is 1. The lowest BCUT2D eigenvalue weighted by molar-refractivity contribution is -0.274. The number of hydrogen-bond acceptors (Lipinski definition) is 4. The van der Waals surface area contributed by atoms with Crippen LogP contribution in [-0.2, 0) is 19.7 Å². The average Bonchev–Trinajstić information content (AvgIpc) is 2.76. The molecule has 162 valence electrons. The molecule has 0 fully saturated rings. The number of nitrogens with two attached hydrogens (primary N) is 1. The van der Waals surface area contributed by atoms with Crippen molar-refractivity contribution >= 4 is 5.96 Å². The average molecular weight is 430 g/mol. The van der Waals surface area contributed by atoms with Crippen molar-refractivity contribution in [3.8, 4) is 11.5 Å². The fraction of sp³-hybridized carbons (Fsp3) is 0.182. The fourth-order valence-corrected chi connectivity index (χ4v) is 2.61. The Morgan fingerprint density at radius 1 is 0.968 bits per heavy atom. The molecule has 0 aliphatic carbocycles. The summed E-state index contributed by atoms with van der Waals surface area (Å²) >= 11 is 0. The lowest BCUT2D eigenvalue weighted by atomic mass is 10.2. The van der Waals surface area contributed by atoms with Crippen LogP contribution in [-0.4, -0.2) is 17.3 Å². The molecule has 1 heterocycles. The van der Waals surface area contributed by atoms with Gasteiger partial charge in [-0.2, -0.15) is 0 Å². The molecule has 0 aliphatic rings.